The summed E-state index contributed by atoms with van der Waals surface area (Å²) < 4.78 is 1.64. The molecule has 18 heavy (non-hydrogen) atoms. The first-order valence-corrected chi connectivity index (χ1v) is 5.53. The Bertz CT molecular complexity index is 579. The Labute approximate surface area is 104 Å². The van der Waals surface area contributed by atoms with Crippen molar-refractivity contribution in [1.29, 1.82) is 0 Å². The van der Waals surface area contributed by atoms with Crippen LogP contribution in [0.1, 0.15) is 12.7 Å². The van der Waals surface area contributed by atoms with Crippen LogP contribution < -0.4 is 5.32 Å². The van der Waals surface area contributed by atoms with Gasteiger partial charge in [-0.1, -0.05) is 6.92 Å². The van der Waals surface area contributed by atoms with Gasteiger partial charge in [0.15, 0.2) is 0 Å². The molecule has 0 bridgehead atoms. The second-order valence-electron chi connectivity index (χ2n) is 3.61. The van der Waals surface area contributed by atoms with Gasteiger partial charge < -0.3 is 5.32 Å². The molecular weight excluding hydrogens is 234 g/mol. The highest BCUT2D eigenvalue weighted by Gasteiger charge is 2.19. The molecule has 2 aromatic rings. The van der Waals surface area contributed by atoms with Crippen molar-refractivity contribution in [3.8, 4) is 5.82 Å². The minimum Gasteiger partial charge on any atom is -0.373 e. The highest BCUT2D eigenvalue weighted by Crippen LogP contribution is 2.23. The molecule has 1 N–H and O–H groups in total. The number of anilines is 1. The topological polar surface area (TPSA) is 85.9 Å². The molecule has 0 aliphatic rings. The molecule has 2 aromatic heterocycles. The van der Waals surface area contributed by atoms with E-state index < -0.39 is 4.92 Å². The normalized spacial score (nSPS) is 10.3. The Balaban J connectivity index is 2.63. The van der Waals surface area contributed by atoms with Crippen molar-refractivity contribution in [2.45, 2.75) is 13.3 Å². The van der Waals surface area contributed by atoms with Crippen molar-refractivity contribution in [2.24, 2.45) is 0 Å². The van der Waals surface area contributed by atoms with Gasteiger partial charge in [0.25, 0.3) is 0 Å². The average Bonchev–Trinajstić information content (AvgIpc) is 2.85. The molecule has 0 spiro atoms. The molecule has 0 amide bonds. The molecule has 0 aliphatic heterocycles. The molecule has 0 aliphatic carbocycles. The Hall–Kier alpha value is -2.44. The molecular formula is C11H13N5O2. The highest BCUT2D eigenvalue weighted by molar-refractivity contribution is 5.53. The van der Waals surface area contributed by atoms with E-state index in [4.69, 9.17) is 0 Å². The van der Waals surface area contributed by atoms with Crippen LogP contribution in [0.25, 0.3) is 5.82 Å². The molecule has 94 valence electrons. The number of imidazole rings is 1. The number of nitrogens with one attached hydrogen (secondary N) is 1. The molecule has 7 nitrogen and oxygen atoms in total. The summed E-state index contributed by atoms with van der Waals surface area (Å²) >= 11 is 0. The van der Waals surface area contributed by atoms with Crippen molar-refractivity contribution < 1.29 is 4.92 Å². The summed E-state index contributed by atoms with van der Waals surface area (Å²) in [7, 11) is 1.71. The van der Waals surface area contributed by atoms with Crippen LogP contribution in [-0.2, 0) is 6.42 Å². The molecule has 0 atom stereocenters. The van der Waals surface area contributed by atoms with Crippen molar-refractivity contribution in [2.75, 3.05) is 12.4 Å². The molecule has 2 heterocycles. The van der Waals surface area contributed by atoms with Gasteiger partial charge in [0.05, 0.1) is 4.92 Å². The maximum absolute atomic E-state index is 11.0. The largest absolute Gasteiger partial charge is 0.373 e. The number of nitro groups is 1. The number of hydrogen-bond donors (Lipinski definition) is 1. The summed E-state index contributed by atoms with van der Waals surface area (Å²) in [5.74, 6) is 1.59. The van der Waals surface area contributed by atoms with Crippen molar-refractivity contribution in [3.63, 3.8) is 0 Å². The third-order valence-electron chi connectivity index (χ3n) is 2.57. The molecule has 0 aromatic carbocycles. The van der Waals surface area contributed by atoms with Crippen LogP contribution >= 0.6 is 0 Å². The minimum absolute atomic E-state index is 0.0401. The number of hydrogen-bond acceptors (Lipinski definition) is 5. The van der Waals surface area contributed by atoms with E-state index in [9.17, 15) is 10.1 Å². The Morgan fingerprint density at radius 2 is 2.28 bits per heavy atom. The average molecular weight is 247 g/mol. The van der Waals surface area contributed by atoms with Gasteiger partial charge in [-0.15, -0.1) is 0 Å². The first-order valence-electron chi connectivity index (χ1n) is 5.53. The smallest absolute Gasteiger partial charge is 0.312 e. The van der Waals surface area contributed by atoms with Crippen molar-refractivity contribution in [3.05, 3.63) is 40.5 Å². The van der Waals surface area contributed by atoms with Crippen LogP contribution in [0.15, 0.2) is 24.5 Å². The van der Waals surface area contributed by atoms with E-state index in [0.717, 1.165) is 5.82 Å². The van der Waals surface area contributed by atoms with E-state index in [1.54, 1.807) is 30.1 Å². The molecule has 0 saturated heterocycles. The molecule has 0 saturated carbocycles. The SMILES string of the molecule is CCc1nccn1-c1nc(NC)ccc1[N+](=O)[O-]. The molecule has 0 unspecified atom stereocenters. The predicted octanol–water partition coefficient (Wildman–Crippen LogP) is 1.78. The van der Waals surface area contributed by atoms with Gasteiger partial charge in [0.1, 0.15) is 11.6 Å². The summed E-state index contributed by atoms with van der Waals surface area (Å²) in [6.45, 7) is 1.94. The van der Waals surface area contributed by atoms with E-state index in [1.807, 2.05) is 6.92 Å². The van der Waals surface area contributed by atoms with E-state index in [2.05, 4.69) is 15.3 Å². The fourth-order valence-electron chi connectivity index (χ4n) is 1.69. The molecule has 2 rings (SSSR count). The number of aryl methyl sites for hydroxylation is 1. The number of pyridine rings is 1. The quantitative estimate of drug-likeness (QED) is 0.657. The molecule has 7 heteroatoms. The number of rotatable bonds is 4. The summed E-state index contributed by atoms with van der Waals surface area (Å²) in [5, 5.41) is 13.9. The van der Waals surface area contributed by atoms with Crippen LogP contribution in [0.4, 0.5) is 11.5 Å². The lowest BCUT2D eigenvalue weighted by Gasteiger charge is -2.08. The summed E-state index contributed by atoms with van der Waals surface area (Å²) in [4.78, 5) is 19.0. The third kappa shape index (κ3) is 2.02. The third-order valence-corrected chi connectivity index (χ3v) is 2.57. The van der Waals surface area contributed by atoms with Crippen LogP contribution in [0, 0.1) is 10.1 Å². The van der Waals surface area contributed by atoms with Crippen LogP contribution in [-0.4, -0.2) is 26.5 Å². The standard InChI is InChI=1S/C11H13N5O2/c1-3-10-13-6-7-15(10)11-8(16(17)18)4-5-9(12-2)14-11/h4-7H,3H2,1-2H3,(H,12,14). The summed E-state index contributed by atoms with van der Waals surface area (Å²) in [6, 6.07) is 3.01. The Kier molecular flexibility index (Phi) is 3.22. The van der Waals surface area contributed by atoms with Gasteiger partial charge in [0.2, 0.25) is 5.82 Å². The fourth-order valence-corrected chi connectivity index (χ4v) is 1.69. The molecule has 0 radical (unpaired) electrons. The van der Waals surface area contributed by atoms with Crippen LogP contribution in [0.5, 0.6) is 0 Å². The van der Waals surface area contributed by atoms with Crippen LogP contribution in [0.3, 0.4) is 0 Å². The van der Waals surface area contributed by atoms with Gasteiger partial charge in [-0.25, -0.2) is 9.97 Å². The van der Waals surface area contributed by atoms with E-state index >= 15 is 0 Å². The van der Waals surface area contributed by atoms with Crippen molar-refractivity contribution in [1.82, 2.24) is 14.5 Å². The van der Waals surface area contributed by atoms with Gasteiger partial charge in [-0.05, 0) is 6.07 Å². The van der Waals surface area contributed by atoms with E-state index in [-0.39, 0.29) is 11.5 Å². The second kappa shape index (κ2) is 4.82. The summed E-state index contributed by atoms with van der Waals surface area (Å²) in [6.07, 6.45) is 3.96. The maximum atomic E-state index is 11.0. The van der Waals surface area contributed by atoms with Gasteiger partial charge >= 0.3 is 5.69 Å². The lowest BCUT2D eigenvalue weighted by atomic mass is 10.3. The van der Waals surface area contributed by atoms with Crippen molar-refractivity contribution >= 4 is 11.5 Å². The monoisotopic (exact) mass is 247 g/mol. The van der Waals surface area contributed by atoms with Gasteiger partial charge in [-0.2, -0.15) is 0 Å². The van der Waals surface area contributed by atoms with Gasteiger partial charge in [0, 0.05) is 31.9 Å². The van der Waals surface area contributed by atoms with E-state index in [1.165, 1.54) is 6.07 Å². The maximum Gasteiger partial charge on any atom is 0.312 e. The lowest BCUT2D eigenvalue weighted by Crippen LogP contribution is -2.07. The summed E-state index contributed by atoms with van der Waals surface area (Å²) in [5.41, 5.74) is -0.0401. The number of nitrogens with zero attached hydrogens (tertiary/aromatic N) is 4. The minimum atomic E-state index is -0.443. The zero-order chi connectivity index (χ0) is 13.1. The first-order chi connectivity index (χ1) is 8.67. The van der Waals surface area contributed by atoms with Crippen LogP contribution in [0.2, 0.25) is 0 Å². The zero-order valence-electron chi connectivity index (χ0n) is 10.1. The first kappa shape index (κ1) is 12.0. The highest BCUT2D eigenvalue weighted by atomic mass is 16.6. The molecule has 0 fully saturated rings. The zero-order valence-corrected chi connectivity index (χ0v) is 10.1. The fraction of sp³-hybridized carbons (Fsp3) is 0.273. The second-order valence-corrected chi connectivity index (χ2v) is 3.61. The Morgan fingerprint density at radius 3 is 2.89 bits per heavy atom. The van der Waals surface area contributed by atoms with E-state index in [0.29, 0.717) is 12.2 Å². The van der Waals surface area contributed by atoms with Gasteiger partial charge in [-0.3, -0.25) is 14.7 Å². The predicted molar refractivity (Wildman–Crippen MR) is 66.9 cm³/mol. The number of aromatic nitrogens is 3. The Morgan fingerprint density at radius 1 is 1.50 bits per heavy atom. The lowest BCUT2D eigenvalue weighted by molar-refractivity contribution is -0.384.